The fourth-order valence-electron chi connectivity index (χ4n) is 2.16. The highest BCUT2D eigenvalue weighted by Gasteiger charge is 2.25. The molecule has 2 N–H and O–H groups in total. The number of hydrogen-bond donors (Lipinski definition) is 2. The van der Waals surface area contributed by atoms with Gasteiger partial charge >= 0.3 is 7.12 Å². The Hall–Kier alpha value is -1.89. The Morgan fingerprint density at radius 1 is 1.20 bits per heavy atom. The molecule has 3 rings (SSSR count). The summed E-state index contributed by atoms with van der Waals surface area (Å²) in [6.07, 6.45) is 1.61. The smallest absolute Gasteiger partial charge is 0.423 e. The molecule has 3 aromatic rings. The summed E-state index contributed by atoms with van der Waals surface area (Å²) in [6, 6.07) is 8.87. The van der Waals surface area contributed by atoms with Crippen LogP contribution in [0.4, 0.5) is 0 Å². The highest BCUT2D eigenvalue weighted by Crippen LogP contribution is 2.18. The van der Waals surface area contributed by atoms with E-state index in [1.807, 2.05) is 19.1 Å². The minimum atomic E-state index is -1.63. The van der Waals surface area contributed by atoms with Gasteiger partial charge in [-0.05, 0) is 31.2 Å². The van der Waals surface area contributed by atoms with Gasteiger partial charge in [-0.3, -0.25) is 4.98 Å². The van der Waals surface area contributed by atoms with Crippen LogP contribution < -0.4 is 5.46 Å². The molecule has 0 radical (unpaired) electrons. The van der Waals surface area contributed by atoms with Crippen LogP contribution in [-0.2, 0) is 0 Å². The normalized spacial score (nSPS) is 11.0. The maximum atomic E-state index is 9.63. The first-order valence-corrected chi connectivity index (χ1v) is 6.42. The van der Waals surface area contributed by atoms with Crippen molar-refractivity contribution in [1.29, 1.82) is 0 Å². The van der Waals surface area contributed by atoms with Crippen LogP contribution in [0.3, 0.4) is 0 Å². The molecule has 100 valence electrons. The van der Waals surface area contributed by atoms with Gasteiger partial charge in [0, 0.05) is 17.4 Å². The first-order valence-electron chi connectivity index (χ1n) is 6.04. The molecular formula is C13H11BClN3O2. The van der Waals surface area contributed by atoms with Gasteiger partial charge in [0.25, 0.3) is 0 Å². The van der Waals surface area contributed by atoms with Gasteiger partial charge in [0.15, 0.2) is 0 Å². The van der Waals surface area contributed by atoms with Crippen LogP contribution in [0.5, 0.6) is 0 Å². The molecule has 0 aliphatic heterocycles. The van der Waals surface area contributed by atoms with E-state index in [2.05, 4.69) is 10.1 Å². The Balaban J connectivity index is 2.32. The van der Waals surface area contributed by atoms with Gasteiger partial charge in [-0.1, -0.05) is 17.7 Å². The number of aryl methyl sites for hydroxylation is 1. The van der Waals surface area contributed by atoms with Crippen molar-refractivity contribution in [2.45, 2.75) is 6.92 Å². The van der Waals surface area contributed by atoms with Crippen molar-refractivity contribution in [2.24, 2.45) is 0 Å². The summed E-state index contributed by atoms with van der Waals surface area (Å²) in [5.41, 5.74) is 2.76. The Labute approximate surface area is 120 Å². The first-order chi connectivity index (χ1) is 9.56. The average Bonchev–Trinajstić information content (AvgIpc) is 2.77. The minimum Gasteiger partial charge on any atom is -0.423 e. The zero-order chi connectivity index (χ0) is 14.3. The topological polar surface area (TPSA) is 70.7 Å². The summed E-state index contributed by atoms with van der Waals surface area (Å²) in [7, 11) is -1.63. The Bertz CT molecular complexity index is 788. The van der Waals surface area contributed by atoms with E-state index in [4.69, 9.17) is 11.6 Å². The zero-order valence-electron chi connectivity index (χ0n) is 10.7. The number of rotatable bonds is 2. The van der Waals surface area contributed by atoms with E-state index >= 15 is 0 Å². The van der Waals surface area contributed by atoms with E-state index in [-0.39, 0.29) is 0 Å². The van der Waals surface area contributed by atoms with Gasteiger partial charge in [0.2, 0.25) is 0 Å². The molecule has 5 nitrogen and oxygen atoms in total. The van der Waals surface area contributed by atoms with E-state index in [1.54, 1.807) is 24.4 Å². The second-order valence-electron chi connectivity index (χ2n) is 4.48. The third kappa shape index (κ3) is 2.18. The lowest BCUT2D eigenvalue weighted by molar-refractivity contribution is 0.426. The highest BCUT2D eigenvalue weighted by molar-refractivity contribution is 6.63. The molecule has 0 amide bonds. The molecule has 20 heavy (non-hydrogen) atoms. The molecular weight excluding hydrogens is 276 g/mol. The van der Waals surface area contributed by atoms with Gasteiger partial charge in [-0.25, -0.2) is 4.52 Å². The van der Waals surface area contributed by atoms with Crippen molar-refractivity contribution in [3.05, 3.63) is 47.2 Å². The second kappa shape index (κ2) is 4.90. The summed E-state index contributed by atoms with van der Waals surface area (Å²) in [4.78, 5) is 4.37. The third-order valence-corrected chi connectivity index (χ3v) is 3.24. The number of pyridine rings is 2. The van der Waals surface area contributed by atoms with Crippen molar-refractivity contribution < 1.29 is 10.0 Å². The molecule has 0 bridgehead atoms. The van der Waals surface area contributed by atoms with Crippen LogP contribution in [-0.4, -0.2) is 31.8 Å². The standard InChI is InChI=1S/C13H11BClN3O2/c1-8-3-2-4-10(16-8)13-12(14(19)20)11-6-5-9(15)7-18(11)17-13/h2-7,19-20H,1H3. The summed E-state index contributed by atoms with van der Waals surface area (Å²) >= 11 is 5.93. The van der Waals surface area contributed by atoms with E-state index in [9.17, 15) is 10.0 Å². The quantitative estimate of drug-likeness (QED) is 0.691. The molecule has 0 fully saturated rings. The number of fused-ring (bicyclic) bond motifs is 1. The van der Waals surface area contributed by atoms with Crippen LogP contribution in [0.1, 0.15) is 5.69 Å². The Morgan fingerprint density at radius 3 is 2.70 bits per heavy atom. The molecule has 0 atom stereocenters. The van der Waals surface area contributed by atoms with Crippen molar-refractivity contribution in [3.8, 4) is 11.4 Å². The lowest BCUT2D eigenvalue weighted by Crippen LogP contribution is -2.31. The minimum absolute atomic E-state index is 0.319. The van der Waals surface area contributed by atoms with Gasteiger partial charge in [0.1, 0.15) is 5.69 Å². The van der Waals surface area contributed by atoms with Crippen LogP contribution in [0.15, 0.2) is 36.5 Å². The Kier molecular flexibility index (Phi) is 3.21. The lowest BCUT2D eigenvalue weighted by Gasteiger charge is -2.02. The molecule has 7 heteroatoms. The molecule has 0 aliphatic carbocycles. The third-order valence-electron chi connectivity index (χ3n) is 3.02. The van der Waals surface area contributed by atoms with E-state index in [1.165, 1.54) is 4.52 Å². The molecule has 0 saturated carbocycles. The largest absolute Gasteiger partial charge is 0.493 e. The molecule has 0 saturated heterocycles. The predicted octanol–water partition coefficient (Wildman–Crippen LogP) is 1.04. The fraction of sp³-hybridized carbons (Fsp3) is 0.0769. The maximum Gasteiger partial charge on any atom is 0.493 e. The maximum absolute atomic E-state index is 9.63. The first kappa shape index (κ1) is 13.1. The molecule has 3 aromatic heterocycles. The van der Waals surface area contributed by atoms with Crippen molar-refractivity contribution in [1.82, 2.24) is 14.6 Å². The van der Waals surface area contributed by atoms with Crippen LogP contribution in [0, 0.1) is 6.92 Å². The van der Waals surface area contributed by atoms with E-state index in [0.717, 1.165) is 5.69 Å². The molecule has 0 spiro atoms. The van der Waals surface area contributed by atoms with Crippen LogP contribution in [0.25, 0.3) is 16.9 Å². The van der Waals surface area contributed by atoms with Crippen molar-refractivity contribution in [3.63, 3.8) is 0 Å². The van der Waals surface area contributed by atoms with Crippen molar-refractivity contribution >= 4 is 29.7 Å². The van der Waals surface area contributed by atoms with Gasteiger partial charge in [0.05, 0.1) is 16.2 Å². The van der Waals surface area contributed by atoms with Gasteiger partial charge < -0.3 is 10.0 Å². The monoisotopic (exact) mass is 287 g/mol. The van der Waals surface area contributed by atoms with Crippen molar-refractivity contribution in [2.75, 3.05) is 0 Å². The summed E-state index contributed by atoms with van der Waals surface area (Å²) in [6.45, 7) is 1.87. The number of aromatic nitrogens is 3. The molecule has 3 heterocycles. The predicted molar refractivity (Wildman–Crippen MR) is 78.0 cm³/mol. The zero-order valence-corrected chi connectivity index (χ0v) is 11.4. The summed E-state index contributed by atoms with van der Waals surface area (Å²) in [5, 5.41) is 24.1. The van der Waals surface area contributed by atoms with Crippen LogP contribution in [0.2, 0.25) is 5.02 Å². The number of hydrogen-bond acceptors (Lipinski definition) is 4. The average molecular weight is 288 g/mol. The SMILES string of the molecule is Cc1cccc(-c2nn3cc(Cl)ccc3c2B(O)O)n1. The highest BCUT2D eigenvalue weighted by atomic mass is 35.5. The number of nitrogens with zero attached hydrogens (tertiary/aromatic N) is 3. The summed E-state index contributed by atoms with van der Waals surface area (Å²) < 4.78 is 1.52. The van der Waals surface area contributed by atoms with Gasteiger partial charge in [-0.2, -0.15) is 5.10 Å². The molecule has 0 unspecified atom stereocenters. The molecule has 0 aliphatic rings. The lowest BCUT2D eigenvalue weighted by atomic mass is 9.78. The fourth-order valence-corrected chi connectivity index (χ4v) is 2.32. The molecule has 0 aromatic carbocycles. The summed E-state index contributed by atoms with van der Waals surface area (Å²) in [5.74, 6) is 0. The van der Waals surface area contributed by atoms with E-state index in [0.29, 0.717) is 27.4 Å². The van der Waals surface area contributed by atoms with Crippen LogP contribution >= 0.6 is 11.6 Å². The second-order valence-corrected chi connectivity index (χ2v) is 4.91. The van der Waals surface area contributed by atoms with E-state index < -0.39 is 7.12 Å². The Morgan fingerprint density at radius 2 is 2.00 bits per heavy atom. The van der Waals surface area contributed by atoms with Gasteiger partial charge in [-0.15, -0.1) is 0 Å². The number of halogens is 1.